The van der Waals surface area contributed by atoms with Crippen molar-refractivity contribution in [2.24, 2.45) is 0 Å². The number of thiazole rings is 1. The average Bonchev–Trinajstić information content (AvgIpc) is 3.22. The zero-order valence-corrected chi connectivity index (χ0v) is 20.9. The number of methoxy groups -OCH3 is 1. The predicted octanol–water partition coefficient (Wildman–Crippen LogP) is 3.26. The number of anilines is 1. The van der Waals surface area contributed by atoms with Crippen molar-refractivity contribution < 1.29 is 17.9 Å². The number of ether oxygens (including phenoxy) is 1. The summed E-state index contributed by atoms with van der Waals surface area (Å²) in [6.07, 6.45) is 0.987. The van der Waals surface area contributed by atoms with Gasteiger partial charge in [0.25, 0.3) is 15.9 Å². The summed E-state index contributed by atoms with van der Waals surface area (Å²) in [4.78, 5) is 22.2. The van der Waals surface area contributed by atoms with Crippen LogP contribution in [0.5, 0.6) is 5.75 Å². The fraction of sp³-hybridized carbons (Fsp3) is 0.333. The van der Waals surface area contributed by atoms with E-state index in [9.17, 15) is 13.2 Å². The summed E-state index contributed by atoms with van der Waals surface area (Å²) in [5.41, 5.74) is 1.83. The van der Waals surface area contributed by atoms with Gasteiger partial charge in [-0.05, 0) is 43.2 Å². The number of benzene rings is 2. The van der Waals surface area contributed by atoms with E-state index in [4.69, 9.17) is 4.74 Å². The molecule has 0 aliphatic carbocycles. The van der Waals surface area contributed by atoms with Gasteiger partial charge in [-0.15, -0.1) is 0 Å². The van der Waals surface area contributed by atoms with Gasteiger partial charge in [0.05, 0.1) is 17.7 Å². The minimum atomic E-state index is -3.82. The Kier molecular flexibility index (Phi) is 7.50. The Labute approximate surface area is 204 Å². The monoisotopic (exact) mass is 500 g/mol. The van der Waals surface area contributed by atoms with Gasteiger partial charge in [-0.1, -0.05) is 41.7 Å². The molecule has 180 valence electrons. The van der Waals surface area contributed by atoms with Gasteiger partial charge >= 0.3 is 0 Å². The Morgan fingerprint density at radius 3 is 2.38 bits per heavy atom. The average molecular weight is 501 g/mol. The Morgan fingerprint density at radius 2 is 1.74 bits per heavy atom. The summed E-state index contributed by atoms with van der Waals surface area (Å²) in [5.74, 6) is 0.463. The van der Waals surface area contributed by atoms with Gasteiger partial charge in [-0.2, -0.15) is 0 Å². The molecule has 0 saturated carbocycles. The molecule has 2 heterocycles. The number of nitrogens with zero attached hydrogens (tertiary/aromatic N) is 3. The molecule has 3 aromatic rings. The third-order valence-corrected chi connectivity index (χ3v) is 8.35. The third-order valence-electron chi connectivity index (χ3n) is 5.80. The van der Waals surface area contributed by atoms with Crippen LogP contribution in [0.4, 0.5) is 5.13 Å². The summed E-state index contributed by atoms with van der Waals surface area (Å²) >= 11 is 1.07. The Morgan fingerprint density at radius 1 is 1.06 bits per heavy atom. The summed E-state index contributed by atoms with van der Waals surface area (Å²) in [6, 6.07) is 16.5. The molecule has 0 spiro atoms. The number of amides is 1. The number of hydrogen-bond donors (Lipinski definition) is 1. The van der Waals surface area contributed by atoms with Crippen molar-refractivity contribution in [1.29, 1.82) is 0 Å². The van der Waals surface area contributed by atoms with Crippen molar-refractivity contribution in [3.8, 4) is 5.75 Å². The Bertz CT molecular complexity index is 1220. The predicted molar refractivity (Wildman–Crippen MR) is 133 cm³/mol. The first-order valence-corrected chi connectivity index (χ1v) is 13.4. The Balaban J connectivity index is 1.35. The maximum Gasteiger partial charge on any atom is 0.266 e. The van der Waals surface area contributed by atoms with E-state index in [0.717, 1.165) is 37.4 Å². The van der Waals surface area contributed by atoms with E-state index in [1.165, 1.54) is 24.8 Å². The minimum absolute atomic E-state index is 0.0978. The molecule has 0 bridgehead atoms. The number of carbonyl (C=O) groups is 1. The minimum Gasteiger partial charge on any atom is -0.497 e. The molecule has 0 atom stereocenters. The number of sulfonamides is 1. The zero-order valence-electron chi connectivity index (χ0n) is 19.2. The summed E-state index contributed by atoms with van der Waals surface area (Å²) in [7, 11) is -2.30. The second-order valence-electron chi connectivity index (χ2n) is 8.08. The van der Waals surface area contributed by atoms with Gasteiger partial charge in [0, 0.05) is 32.7 Å². The van der Waals surface area contributed by atoms with Crippen molar-refractivity contribution in [3.63, 3.8) is 0 Å². The van der Waals surface area contributed by atoms with E-state index in [1.807, 2.05) is 11.0 Å². The van der Waals surface area contributed by atoms with Gasteiger partial charge in [-0.3, -0.25) is 14.4 Å². The standard InChI is InChI=1S/C24H28N4O4S2/c1-18-22(33-24(25-18)26-34(30,31)21-10-8-20(32-2)9-11-21)23(29)28-16-14-27(15-17-28)13-12-19-6-4-3-5-7-19/h3-11H,12-17H2,1-2H3,(H,25,26). The highest BCUT2D eigenvalue weighted by atomic mass is 32.2. The summed E-state index contributed by atoms with van der Waals surface area (Å²) in [6.45, 7) is 5.59. The zero-order chi connectivity index (χ0) is 24.1. The quantitative estimate of drug-likeness (QED) is 0.511. The van der Waals surface area contributed by atoms with Crippen molar-refractivity contribution >= 4 is 32.4 Å². The lowest BCUT2D eigenvalue weighted by Gasteiger charge is -2.34. The van der Waals surface area contributed by atoms with Gasteiger partial charge < -0.3 is 9.64 Å². The number of aryl methyl sites for hydroxylation is 1. The second-order valence-corrected chi connectivity index (χ2v) is 10.8. The van der Waals surface area contributed by atoms with E-state index >= 15 is 0 Å². The largest absolute Gasteiger partial charge is 0.497 e. The van der Waals surface area contributed by atoms with E-state index in [-0.39, 0.29) is 15.9 Å². The topological polar surface area (TPSA) is 91.8 Å². The van der Waals surface area contributed by atoms with E-state index in [1.54, 1.807) is 19.1 Å². The third kappa shape index (κ3) is 5.75. The van der Waals surface area contributed by atoms with Crippen LogP contribution in [0.1, 0.15) is 20.9 Å². The number of rotatable bonds is 8. The fourth-order valence-corrected chi connectivity index (χ4v) is 5.99. The maximum absolute atomic E-state index is 13.1. The SMILES string of the molecule is COc1ccc(S(=O)(=O)Nc2nc(C)c(C(=O)N3CCN(CCc4ccccc4)CC3)s2)cc1. The van der Waals surface area contributed by atoms with Gasteiger partial charge in [-0.25, -0.2) is 13.4 Å². The second kappa shape index (κ2) is 10.5. The molecular weight excluding hydrogens is 472 g/mol. The molecule has 8 nitrogen and oxygen atoms in total. The summed E-state index contributed by atoms with van der Waals surface area (Å²) < 4.78 is 33.0. The van der Waals surface area contributed by atoms with Crippen LogP contribution in [0.3, 0.4) is 0 Å². The van der Waals surface area contributed by atoms with E-state index in [2.05, 4.69) is 38.9 Å². The van der Waals surface area contributed by atoms with Crippen LogP contribution in [-0.4, -0.2) is 68.9 Å². The maximum atomic E-state index is 13.1. The number of hydrogen-bond acceptors (Lipinski definition) is 7. The molecule has 1 aliphatic rings. The molecule has 10 heteroatoms. The number of piperazine rings is 1. The van der Waals surface area contributed by atoms with Crippen LogP contribution < -0.4 is 9.46 Å². The molecule has 1 fully saturated rings. The molecule has 0 unspecified atom stereocenters. The highest BCUT2D eigenvalue weighted by molar-refractivity contribution is 7.93. The number of nitrogens with one attached hydrogen (secondary N) is 1. The van der Waals surface area contributed by atoms with Crippen molar-refractivity contribution in [2.45, 2.75) is 18.2 Å². The lowest BCUT2D eigenvalue weighted by Crippen LogP contribution is -2.49. The van der Waals surface area contributed by atoms with Gasteiger partial charge in [0.2, 0.25) is 0 Å². The van der Waals surface area contributed by atoms with Gasteiger partial charge in [0.15, 0.2) is 5.13 Å². The first-order valence-electron chi connectivity index (χ1n) is 11.1. The molecular formula is C24H28N4O4S2. The number of aromatic nitrogens is 1. The molecule has 1 N–H and O–H groups in total. The first-order chi connectivity index (χ1) is 16.4. The smallest absolute Gasteiger partial charge is 0.266 e. The molecule has 1 saturated heterocycles. The molecule has 1 aromatic heterocycles. The summed E-state index contributed by atoms with van der Waals surface area (Å²) in [5, 5.41) is 0.179. The molecule has 1 aliphatic heterocycles. The van der Waals surface area contributed by atoms with Crippen molar-refractivity contribution in [1.82, 2.24) is 14.8 Å². The van der Waals surface area contributed by atoms with Gasteiger partial charge in [0.1, 0.15) is 10.6 Å². The highest BCUT2D eigenvalue weighted by Crippen LogP contribution is 2.27. The normalized spacial score (nSPS) is 14.7. The Hall–Kier alpha value is -2.95. The molecule has 1 amide bonds. The highest BCUT2D eigenvalue weighted by Gasteiger charge is 2.26. The lowest BCUT2D eigenvalue weighted by molar-refractivity contribution is 0.0642. The first kappa shape index (κ1) is 24.2. The fourth-order valence-electron chi connectivity index (χ4n) is 3.82. The van der Waals surface area contributed by atoms with Crippen molar-refractivity contribution in [2.75, 3.05) is 44.6 Å². The van der Waals surface area contributed by atoms with Crippen LogP contribution >= 0.6 is 11.3 Å². The lowest BCUT2D eigenvalue weighted by atomic mass is 10.1. The van der Waals surface area contributed by atoms with Crippen LogP contribution in [0.25, 0.3) is 0 Å². The molecule has 0 radical (unpaired) electrons. The molecule has 34 heavy (non-hydrogen) atoms. The van der Waals surface area contributed by atoms with Crippen LogP contribution in [-0.2, 0) is 16.4 Å². The van der Waals surface area contributed by atoms with Crippen LogP contribution in [0.2, 0.25) is 0 Å². The van der Waals surface area contributed by atoms with Crippen molar-refractivity contribution in [3.05, 3.63) is 70.7 Å². The van der Waals surface area contributed by atoms with E-state index < -0.39 is 10.0 Å². The van der Waals surface area contributed by atoms with Crippen LogP contribution in [0.15, 0.2) is 59.5 Å². The molecule has 4 rings (SSSR count). The van der Waals surface area contributed by atoms with Crippen LogP contribution in [0, 0.1) is 6.92 Å². The number of carbonyl (C=O) groups excluding carboxylic acids is 1. The van der Waals surface area contributed by atoms with E-state index in [0.29, 0.717) is 29.4 Å². The molecule has 2 aromatic carbocycles.